The van der Waals surface area contributed by atoms with Crippen LogP contribution in [0.15, 0.2) is 18.3 Å². The lowest BCUT2D eigenvalue weighted by Crippen LogP contribution is -2.45. The number of hydrogen-bond donors (Lipinski definition) is 3. The van der Waals surface area contributed by atoms with Gasteiger partial charge < -0.3 is 16.0 Å². The van der Waals surface area contributed by atoms with Gasteiger partial charge in [0.1, 0.15) is 5.82 Å². The molecule has 6 nitrogen and oxygen atoms in total. The molecule has 6 heteroatoms. The lowest BCUT2D eigenvalue weighted by molar-refractivity contribution is -0.121. The van der Waals surface area contributed by atoms with Crippen LogP contribution >= 0.6 is 0 Å². The highest BCUT2D eigenvalue weighted by molar-refractivity contribution is 5.96. The van der Waals surface area contributed by atoms with Gasteiger partial charge in [0.15, 0.2) is 0 Å². The topological polar surface area (TPSA) is 83.1 Å². The van der Waals surface area contributed by atoms with Gasteiger partial charge in [-0.1, -0.05) is 0 Å². The zero-order valence-electron chi connectivity index (χ0n) is 11.7. The summed E-state index contributed by atoms with van der Waals surface area (Å²) < 4.78 is 0. The average Bonchev–Trinajstić information content (AvgIpc) is 2.34. The Bertz CT molecular complexity index is 466. The van der Waals surface area contributed by atoms with Gasteiger partial charge in [-0.3, -0.25) is 9.59 Å². The Balaban J connectivity index is 2.53. The first-order valence-electron chi connectivity index (χ1n) is 6.05. The van der Waals surface area contributed by atoms with E-state index in [1.165, 1.54) is 6.20 Å². The highest BCUT2D eigenvalue weighted by Gasteiger charge is 2.14. The molecule has 0 aliphatic heterocycles. The van der Waals surface area contributed by atoms with Gasteiger partial charge in [-0.05, 0) is 32.9 Å². The van der Waals surface area contributed by atoms with E-state index < -0.39 is 0 Å². The lowest BCUT2D eigenvalue weighted by Gasteiger charge is -2.20. The molecule has 1 aromatic heterocycles. The maximum Gasteiger partial charge on any atom is 0.251 e. The molecule has 1 aromatic rings. The van der Waals surface area contributed by atoms with Gasteiger partial charge in [-0.15, -0.1) is 0 Å². The molecule has 2 amide bonds. The maximum absolute atomic E-state index is 11.8. The zero-order valence-corrected chi connectivity index (χ0v) is 11.7. The van der Waals surface area contributed by atoms with Crippen molar-refractivity contribution in [2.45, 2.75) is 26.3 Å². The van der Waals surface area contributed by atoms with Crippen molar-refractivity contribution < 1.29 is 9.59 Å². The van der Waals surface area contributed by atoms with Crippen LogP contribution in [0.3, 0.4) is 0 Å². The smallest absolute Gasteiger partial charge is 0.251 e. The maximum atomic E-state index is 11.8. The fourth-order valence-corrected chi connectivity index (χ4v) is 1.43. The number of amides is 2. The Morgan fingerprint density at radius 2 is 2.00 bits per heavy atom. The van der Waals surface area contributed by atoms with E-state index in [1.807, 2.05) is 20.8 Å². The number of nitrogens with zero attached hydrogens (tertiary/aromatic N) is 1. The summed E-state index contributed by atoms with van der Waals surface area (Å²) in [6.45, 7) is 5.60. The monoisotopic (exact) mass is 264 g/mol. The minimum absolute atomic E-state index is 0.0483. The van der Waals surface area contributed by atoms with E-state index in [2.05, 4.69) is 20.9 Å². The summed E-state index contributed by atoms with van der Waals surface area (Å²) >= 11 is 0. The summed E-state index contributed by atoms with van der Waals surface area (Å²) in [7, 11) is 1.72. The molecule has 0 aliphatic rings. The Hall–Kier alpha value is -2.11. The third-order valence-electron chi connectivity index (χ3n) is 2.20. The van der Waals surface area contributed by atoms with E-state index in [0.29, 0.717) is 11.4 Å². The van der Waals surface area contributed by atoms with Gasteiger partial charge in [0, 0.05) is 24.3 Å². The predicted octanol–water partition coefficient (Wildman–Crippen LogP) is 0.768. The van der Waals surface area contributed by atoms with Crippen molar-refractivity contribution in [3.63, 3.8) is 0 Å². The molecular weight excluding hydrogens is 244 g/mol. The molecular formula is C13H20N4O2. The third kappa shape index (κ3) is 5.37. The van der Waals surface area contributed by atoms with Crippen LogP contribution in [-0.4, -0.2) is 35.9 Å². The molecule has 0 unspecified atom stereocenters. The first kappa shape index (κ1) is 14.9. The van der Waals surface area contributed by atoms with Crippen LogP contribution in [0, 0.1) is 0 Å². The van der Waals surface area contributed by atoms with Gasteiger partial charge in [0.05, 0.1) is 6.54 Å². The molecule has 0 fully saturated rings. The minimum atomic E-state index is -0.308. The summed E-state index contributed by atoms with van der Waals surface area (Å²) in [5, 5.41) is 8.18. The molecule has 0 bridgehead atoms. The molecule has 0 atom stereocenters. The second kappa shape index (κ2) is 6.17. The molecule has 0 aliphatic carbocycles. The summed E-state index contributed by atoms with van der Waals surface area (Å²) in [6, 6.07) is 3.22. The van der Waals surface area contributed by atoms with Crippen LogP contribution in [0.1, 0.15) is 31.1 Å². The molecule has 0 radical (unpaired) electrons. The van der Waals surface area contributed by atoms with Crippen molar-refractivity contribution in [2.24, 2.45) is 0 Å². The molecule has 19 heavy (non-hydrogen) atoms. The first-order chi connectivity index (χ1) is 8.81. The van der Waals surface area contributed by atoms with Crippen molar-refractivity contribution >= 4 is 17.6 Å². The van der Waals surface area contributed by atoms with Crippen molar-refractivity contribution in [3.8, 4) is 0 Å². The number of carbonyl (C=O) groups excluding carboxylic acids is 2. The average molecular weight is 264 g/mol. The summed E-state index contributed by atoms with van der Waals surface area (Å²) in [5.74, 6) is 0.0819. The number of aromatic nitrogens is 1. The van der Waals surface area contributed by atoms with E-state index in [4.69, 9.17) is 0 Å². The molecule has 0 saturated carbocycles. The van der Waals surface area contributed by atoms with Gasteiger partial charge >= 0.3 is 0 Å². The van der Waals surface area contributed by atoms with Gasteiger partial charge in [0.2, 0.25) is 5.91 Å². The highest BCUT2D eigenvalue weighted by atomic mass is 16.2. The molecule has 3 N–H and O–H groups in total. The number of rotatable bonds is 4. The minimum Gasteiger partial charge on any atom is -0.373 e. The second-order valence-corrected chi connectivity index (χ2v) is 5.16. The van der Waals surface area contributed by atoms with E-state index in [1.54, 1.807) is 19.2 Å². The first-order valence-corrected chi connectivity index (χ1v) is 6.05. The standard InChI is InChI=1S/C13H20N4O2/c1-13(2,3)17-11(18)8-16-12(19)9-5-6-15-10(7-9)14-4/h5-7H,8H2,1-4H3,(H,14,15)(H,16,19)(H,17,18). The molecule has 104 valence electrons. The Labute approximate surface area is 113 Å². The van der Waals surface area contributed by atoms with Crippen molar-refractivity contribution in [3.05, 3.63) is 23.9 Å². The normalized spacial score (nSPS) is 10.7. The number of anilines is 1. The van der Waals surface area contributed by atoms with E-state index in [0.717, 1.165) is 0 Å². The van der Waals surface area contributed by atoms with E-state index >= 15 is 0 Å². The second-order valence-electron chi connectivity index (χ2n) is 5.16. The van der Waals surface area contributed by atoms with Crippen LogP contribution in [0.25, 0.3) is 0 Å². The van der Waals surface area contributed by atoms with E-state index in [9.17, 15) is 9.59 Å². The Morgan fingerprint density at radius 3 is 2.58 bits per heavy atom. The van der Waals surface area contributed by atoms with E-state index in [-0.39, 0.29) is 23.9 Å². The fraction of sp³-hybridized carbons (Fsp3) is 0.462. The van der Waals surface area contributed by atoms with Crippen molar-refractivity contribution in [2.75, 3.05) is 18.9 Å². The molecule has 0 spiro atoms. The molecule has 0 saturated heterocycles. The number of nitrogens with one attached hydrogen (secondary N) is 3. The van der Waals surface area contributed by atoms with Crippen LogP contribution in [0.2, 0.25) is 0 Å². The van der Waals surface area contributed by atoms with Crippen LogP contribution in [0.4, 0.5) is 5.82 Å². The quantitative estimate of drug-likeness (QED) is 0.750. The highest BCUT2D eigenvalue weighted by Crippen LogP contribution is 2.05. The molecule has 1 rings (SSSR count). The number of carbonyl (C=O) groups is 2. The van der Waals surface area contributed by atoms with Crippen molar-refractivity contribution in [1.29, 1.82) is 0 Å². The number of pyridine rings is 1. The van der Waals surface area contributed by atoms with Crippen LogP contribution < -0.4 is 16.0 Å². The van der Waals surface area contributed by atoms with Crippen molar-refractivity contribution in [1.82, 2.24) is 15.6 Å². The largest absolute Gasteiger partial charge is 0.373 e. The third-order valence-corrected chi connectivity index (χ3v) is 2.20. The molecule has 1 heterocycles. The predicted molar refractivity (Wildman–Crippen MR) is 74.0 cm³/mol. The SMILES string of the molecule is CNc1cc(C(=O)NCC(=O)NC(C)(C)C)ccn1. The zero-order chi connectivity index (χ0) is 14.5. The Morgan fingerprint density at radius 1 is 1.32 bits per heavy atom. The van der Waals surface area contributed by atoms with Gasteiger partial charge in [-0.25, -0.2) is 4.98 Å². The van der Waals surface area contributed by atoms with Crippen LogP contribution in [-0.2, 0) is 4.79 Å². The summed E-state index contributed by atoms with van der Waals surface area (Å²) in [4.78, 5) is 27.4. The fourth-order valence-electron chi connectivity index (χ4n) is 1.43. The lowest BCUT2D eigenvalue weighted by atomic mass is 10.1. The molecule has 0 aromatic carbocycles. The summed E-state index contributed by atoms with van der Waals surface area (Å²) in [5.41, 5.74) is 0.153. The van der Waals surface area contributed by atoms with Crippen LogP contribution in [0.5, 0.6) is 0 Å². The van der Waals surface area contributed by atoms with Gasteiger partial charge in [-0.2, -0.15) is 0 Å². The van der Waals surface area contributed by atoms with Gasteiger partial charge in [0.25, 0.3) is 5.91 Å². The summed E-state index contributed by atoms with van der Waals surface area (Å²) in [6.07, 6.45) is 1.54. The number of hydrogen-bond acceptors (Lipinski definition) is 4. The Kier molecular flexibility index (Phi) is 4.86.